The van der Waals surface area contributed by atoms with Crippen molar-refractivity contribution < 1.29 is 27.1 Å². The Balaban J connectivity index is 2.00. The summed E-state index contributed by atoms with van der Waals surface area (Å²) < 4.78 is 45.6. The van der Waals surface area contributed by atoms with Crippen molar-refractivity contribution in [2.24, 2.45) is 0 Å². The summed E-state index contributed by atoms with van der Waals surface area (Å²) in [6.07, 6.45) is 0. The van der Waals surface area contributed by atoms with Gasteiger partial charge in [-0.25, -0.2) is 12.8 Å². The van der Waals surface area contributed by atoms with Gasteiger partial charge < -0.3 is 9.30 Å². The Morgan fingerprint density at radius 2 is 1.76 bits per heavy atom. The van der Waals surface area contributed by atoms with Crippen molar-refractivity contribution in [1.82, 2.24) is 8.87 Å². The van der Waals surface area contributed by atoms with Crippen LogP contribution in [0.25, 0.3) is 0 Å². The third-order valence-electron chi connectivity index (χ3n) is 4.54. The van der Waals surface area contributed by atoms with Crippen LogP contribution in [0.5, 0.6) is 0 Å². The molecule has 0 N–H and O–H groups in total. The highest BCUT2D eigenvalue weighted by Gasteiger charge is 2.24. The molecule has 0 spiro atoms. The van der Waals surface area contributed by atoms with Crippen molar-refractivity contribution >= 4 is 21.8 Å². The quantitative estimate of drug-likeness (QED) is 0.480. The lowest BCUT2D eigenvalue weighted by Crippen LogP contribution is -2.33. The number of ketones is 1. The lowest BCUT2D eigenvalue weighted by molar-refractivity contribution is -0.142. The highest BCUT2D eigenvalue weighted by atomic mass is 32.2. The molecule has 0 radical (unpaired) electrons. The molecule has 158 valence electrons. The van der Waals surface area contributed by atoms with Crippen molar-refractivity contribution in [1.29, 1.82) is 0 Å². The maximum Gasteiger partial charge on any atom is 0.321 e. The minimum Gasteiger partial charge on any atom is -0.456 e. The summed E-state index contributed by atoms with van der Waals surface area (Å²) in [6, 6.07) is 6.19. The Bertz CT molecular complexity index is 1010. The Morgan fingerprint density at radius 1 is 1.17 bits per heavy atom. The summed E-state index contributed by atoms with van der Waals surface area (Å²) in [5, 5.41) is 0. The second-order valence-corrected chi connectivity index (χ2v) is 9.09. The molecular formula is C20H25FN2O5S. The fourth-order valence-electron chi connectivity index (χ4n) is 3.18. The lowest BCUT2D eigenvalue weighted by Gasteiger charge is -2.16. The van der Waals surface area contributed by atoms with Gasteiger partial charge in [0.1, 0.15) is 12.4 Å². The van der Waals surface area contributed by atoms with Gasteiger partial charge in [0.05, 0.1) is 4.90 Å². The van der Waals surface area contributed by atoms with E-state index >= 15 is 0 Å². The Hall–Kier alpha value is -2.52. The van der Waals surface area contributed by atoms with Crippen LogP contribution in [0.1, 0.15) is 41.6 Å². The van der Waals surface area contributed by atoms with Crippen LogP contribution in [0.15, 0.2) is 35.2 Å². The first-order chi connectivity index (χ1) is 13.4. The first-order valence-corrected chi connectivity index (χ1v) is 10.5. The molecule has 0 aliphatic rings. The van der Waals surface area contributed by atoms with Crippen molar-refractivity contribution in [2.75, 3.05) is 20.2 Å². The summed E-state index contributed by atoms with van der Waals surface area (Å²) in [6.45, 7) is 6.68. The van der Waals surface area contributed by atoms with E-state index in [0.717, 1.165) is 40.0 Å². The molecule has 9 heteroatoms. The van der Waals surface area contributed by atoms with Gasteiger partial charge in [-0.05, 0) is 58.0 Å². The Kier molecular flexibility index (Phi) is 6.97. The molecule has 2 aromatic rings. The normalized spacial score (nSPS) is 11.9. The molecule has 0 atom stereocenters. The molecule has 1 heterocycles. The topological polar surface area (TPSA) is 85.7 Å². The number of sulfonamides is 1. The molecular weight excluding hydrogens is 399 g/mol. The number of Topliss-reactive ketones (excluding diaryl/α,β-unsaturated/α-hetero) is 1. The number of rotatable bonds is 8. The van der Waals surface area contributed by atoms with Crippen LogP contribution < -0.4 is 0 Å². The number of halogens is 1. The van der Waals surface area contributed by atoms with Crippen molar-refractivity contribution in [3.63, 3.8) is 0 Å². The van der Waals surface area contributed by atoms with E-state index in [9.17, 15) is 22.4 Å². The SMILES string of the molecule is Cc1cc(C(=O)COC(=O)CN(C)S(=O)(=O)c2ccc(F)cc2)c(C)n1C(C)C. The zero-order valence-corrected chi connectivity index (χ0v) is 17.9. The van der Waals surface area contributed by atoms with Crippen molar-refractivity contribution in [2.45, 2.75) is 38.6 Å². The van der Waals surface area contributed by atoms with E-state index in [1.54, 1.807) is 6.07 Å². The zero-order chi connectivity index (χ0) is 21.9. The highest BCUT2D eigenvalue weighted by Crippen LogP contribution is 2.20. The maximum absolute atomic E-state index is 13.0. The molecule has 1 aromatic heterocycles. The predicted molar refractivity (Wildman–Crippen MR) is 106 cm³/mol. The van der Waals surface area contributed by atoms with Gasteiger partial charge in [0.25, 0.3) is 0 Å². The van der Waals surface area contributed by atoms with Crippen LogP contribution in [-0.4, -0.2) is 49.2 Å². The average Bonchev–Trinajstić information content (AvgIpc) is 2.94. The summed E-state index contributed by atoms with van der Waals surface area (Å²) in [4.78, 5) is 24.3. The first kappa shape index (κ1) is 22.8. The van der Waals surface area contributed by atoms with E-state index in [1.165, 1.54) is 7.05 Å². The zero-order valence-electron chi connectivity index (χ0n) is 17.1. The van der Waals surface area contributed by atoms with E-state index in [0.29, 0.717) is 5.56 Å². The van der Waals surface area contributed by atoms with Crippen LogP contribution >= 0.6 is 0 Å². The number of likely N-dealkylation sites (N-methyl/N-ethyl adjacent to an activating group) is 1. The number of benzene rings is 1. The highest BCUT2D eigenvalue weighted by molar-refractivity contribution is 7.89. The number of aromatic nitrogens is 1. The van der Waals surface area contributed by atoms with E-state index < -0.39 is 35.0 Å². The number of ether oxygens (including phenoxy) is 1. The van der Waals surface area contributed by atoms with Gasteiger partial charge in [-0.1, -0.05) is 0 Å². The van der Waals surface area contributed by atoms with E-state index in [4.69, 9.17) is 4.74 Å². The Labute approximate surface area is 170 Å². The van der Waals surface area contributed by atoms with E-state index in [1.807, 2.05) is 32.3 Å². The number of esters is 1. The molecule has 0 aliphatic carbocycles. The summed E-state index contributed by atoms with van der Waals surface area (Å²) in [7, 11) is -2.78. The van der Waals surface area contributed by atoms with Gasteiger partial charge in [-0.2, -0.15) is 4.31 Å². The number of nitrogens with zero attached hydrogens (tertiary/aromatic N) is 2. The van der Waals surface area contributed by atoms with E-state index in [-0.39, 0.29) is 16.7 Å². The monoisotopic (exact) mass is 424 g/mol. The minimum absolute atomic E-state index is 0.147. The fraction of sp³-hybridized carbons (Fsp3) is 0.400. The standard InChI is InChI=1S/C20H25FN2O5S/c1-13(2)23-14(3)10-18(15(23)4)19(24)12-28-20(25)11-22(5)29(26,27)17-8-6-16(21)7-9-17/h6-10,13H,11-12H2,1-5H3. The van der Waals surface area contributed by atoms with Gasteiger partial charge in [0.2, 0.25) is 15.8 Å². The van der Waals surface area contributed by atoms with Crippen LogP contribution in [-0.2, 0) is 19.6 Å². The molecule has 29 heavy (non-hydrogen) atoms. The first-order valence-electron chi connectivity index (χ1n) is 9.04. The molecule has 0 fully saturated rings. The second-order valence-electron chi connectivity index (χ2n) is 7.05. The number of carbonyl (C=O) groups is 2. The van der Waals surface area contributed by atoms with Gasteiger partial charge >= 0.3 is 5.97 Å². The predicted octanol–water partition coefficient (Wildman–Crippen LogP) is 2.87. The molecule has 0 amide bonds. The number of carbonyl (C=O) groups excluding carboxylic acids is 2. The third-order valence-corrected chi connectivity index (χ3v) is 6.36. The summed E-state index contributed by atoms with van der Waals surface area (Å²) in [5.41, 5.74) is 2.18. The van der Waals surface area contributed by atoms with Crippen LogP contribution in [0.2, 0.25) is 0 Å². The second kappa shape index (κ2) is 8.87. The van der Waals surface area contributed by atoms with Crippen LogP contribution in [0.4, 0.5) is 4.39 Å². The maximum atomic E-state index is 13.0. The molecule has 2 rings (SSSR count). The molecule has 1 aromatic carbocycles. The third kappa shape index (κ3) is 5.10. The van der Waals surface area contributed by atoms with Crippen molar-refractivity contribution in [3.05, 3.63) is 53.1 Å². The van der Waals surface area contributed by atoms with Gasteiger partial charge in [0, 0.05) is 30.0 Å². The van der Waals surface area contributed by atoms with Gasteiger partial charge in [-0.3, -0.25) is 9.59 Å². The Morgan fingerprint density at radius 3 is 2.28 bits per heavy atom. The molecule has 0 bridgehead atoms. The van der Waals surface area contributed by atoms with Crippen LogP contribution in [0.3, 0.4) is 0 Å². The van der Waals surface area contributed by atoms with Gasteiger partial charge in [-0.15, -0.1) is 0 Å². The molecule has 7 nitrogen and oxygen atoms in total. The fourth-order valence-corrected chi connectivity index (χ4v) is 4.29. The number of aryl methyl sites for hydroxylation is 1. The molecule has 0 saturated heterocycles. The molecule has 0 aliphatic heterocycles. The molecule has 0 saturated carbocycles. The largest absolute Gasteiger partial charge is 0.456 e. The minimum atomic E-state index is -3.98. The average molecular weight is 424 g/mol. The van der Waals surface area contributed by atoms with Crippen LogP contribution in [0, 0.1) is 19.7 Å². The summed E-state index contributed by atoms with van der Waals surface area (Å²) >= 11 is 0. The van der Waals surface area contributed by atoms with Gasteiger partial charge in [0.15, 0.2) is 6.61 Å². The lowest BCUT2D eigenvalue weighted by atomic mass is 10.1. The number of hydrogen-bond donors (Lipinski definition) is 0. The number of hydrogen-bond acceptors (Lipinski definition) is 5. The van der Waals surface area contributed by atoms with E-state index in [2.05, 4.69) is 0 Å². The molecule has 0 unspecified atom stereocenters. The smallest absolute Gasteiger partial charge is 0.321 e. The van der Waals surface area contributed by atoms with Crippen molar-refractivity contribution in [3.8, 4) is 0 Å². The summed E-state index contributed by atoms with van der Waals surface area (Å²) in [5.74, 6) is -1.78.